The molecular weight excluding hydrogens is 204 g/mol. The molecule has 0 fully saturated rings. The summed E-state index contributed by atoms with van der Waals surface area (Å²) in [6.07, 6.45) is 0. The molecule has 1 aromatic carbocycles. The monoisotopic (exact) mass is 220 g/mol. The summed E-state index contributed by atoms with van der Waals surface area (Å²) < 4.78 is 0. The van der Waals surface area contributed by atoms with Crippen LogP contribution in [0.5, 0.6) is 0 Å². The molecule has 0 aliphatic carbocycles. The van der Waals surface area contributed by atoms with Gasteiger partial charge in [-0.25, -0.2) is 4.79 Å². The lowest BCUT2D eigenvalue weighted by atomic mass is 10.3. The number of hydrogen-bond acceptors (Lipinski definition) is 2. The summed E-state index contributed by atoms with van der Waals surface area (Å²) in [6.45, 7) is 2.50. The molecule has 0 radical (unpaired) electrons. The molecule has 0 spiro atoms. The van der Waals surface area contributed by atoms with Crippen LogP contribution in [0.2, 0.25) is 0 Å². The number of rotatable bonds is 4. The maximum atomic E-state index is 11.7. The molecule has 0 aliphatic rings. The van der Waals surface area contributed by atoms with Crippen LogP contribution in [0.15, 0.2) is 30.3 Å². The third-order valence-corrected chi connectivity index (χ3v) is 2.06. The molecule has 4 N–H and O–H groups in total. The molecule has 2 amide bonds. The van der Waals surface area contributed by atoms with Crippen molar-refractivity contribution in [1.82, 2.24) is 4.90 Å². The smallest absolute Gasteiger partial charge is 0.322 e. The number of carbonyl (C=O) groups excluding carboxylic acids is 1. The van der Waals surface area contributed by atoms with Gasteiger partial charge >= 0.3 is 6.03 Å². The SMILES string of the molecule is CCN(CC(=N)N)C(=O)Nc1ccccc1. The van der Waals surface area contributed by atoms with Crippen LogP contribution in [-0.4, -0.2) is 29.9 Å². The van der Waals surface area contributed by atoms with Gasteiger partial charge in [0.25, 0.3) is 0 Å². The lowest BCUT2D eigenvalue weighted by Crippen LogP contribution is -2.40. The fraction of sp³-hybridized carbons (Fsp3) is 0.273. The number of urea groups is 1. The quantitative estimate of drug-likeness (QED) is 0.530. The Morgan fingerprint density at radius 3 is 2.56 bits per heavy atom. The minimum Gasteiger partial charge on any atom is -0.386 e. The van der Waals surface area contributed by atoms with Gasteiger partial charge in [-0.2, -0.15) is 0 Å². The number of hydrogen-bond donors (Lipinski definition) is 3. The highest BCUT2D eigenvalue weighted by Gasteiger charge is 2.11. The Labute approximate surface area is 94.8 Å². The number of amidine groups is 1. The number of likely N-dealkylation sites (N-methyl/N-ethyl adjacent to an activating group) is 1. The maximum absolute atomic E-state index is 11.7. The Balaban J connectivity index is 2.59. The highest BCUT2D eigenvalue weighted by atomic mass is 16.2. The second-order valence-corrected chi connectivity index (χ2v) is 3.34. The number of nitrogens with one attached hydrogen (secondary N) is 2. The van der Waals surface area contributed by atoms with Gasteiger partial charge in [-0.1, -0.05) is 18.2 Å². The summed E-state index contributed by atoms with van der Waals surface area (Å²) in [4.78, 5) is 13.2. The number of anilines is 1. The average molecular weight is 220 g/mol. The first-order valence-electron chi connectivity index (χ1n) is 5.07. The third-order valence-electron chi connectivity index (χ3n) is 2.06. The summed E-state index contributed by atoms with van der Waals surface area (Å²) in [7, 11) is 0. The molecule has 86 valence electrons. The Kier molecular flexibility index (Phi) is 4.32. The second kappa shape index (κ2) is 5.75. The Morgan fingerprint density at radius 2 is 2.06 bits per heavy atom. The third kappa shape index (κ3) is 3.61. The summed E-state index contributed by atoms with van der Waals surface area (Å²) >= 11 is 0. The zero-order valence-electron chi connectivity index (χ0n) is 9.23. The van der Waals surface area contributed by atoms with E-state index in [1.54, 1.807) is 12.1 Å². The van der Waals surface area contributed by atoms with Crippen LogP contribution in [0, 0.1) is 5.41 Å². The van der Waals surface area contributed by atoms with Crippen LogP contribution in [0.3, 0.4) is 0 Å². The van der Waals surface area contributed by atoms with E-state index >= 15 is 0 Å². The molecule has 1 rings (SSSR count). The van der Waals surface area contributed by atoms with Gasteiger partial charge in [0.05, 0.1) is 6.54 Å². The highest BCUT2D eigenvalue weighted by molar-refractivity contribution is 5.92. The molecule has 0 bridgehead atoms. The second-order valence-electron chi connectivity index (χ2n) is 3.34. The van der Waals surface area contributed by atoms with Gasteiger partial charge in [-0.15, -0.1) is 0 Å². The Hall–Kier alpha value is -2.04. The first-order chi connectivity index (χ1) is 7.63. The lowest BCUT2D eigenvalue weighted by molar-refractivity contribution is 0.221. The van der Waals surface area contributed by atoms with Crippen molar-refractivity contribution >= 4 is 17.6 Å². The van der Waals surface area contributed by atoms with Gasteiger partial charge in [0.15, 0.2) is 0 Å². The van der Waals surface area contributed by atoms with Gasteiger partial charge in [0.2, 0.25) is 0 Å². The van der Waals surface area contributed by atoms with E-state index in [-0.39, 0.29) is 18.4 Å². The summed E-state index contributed by atoms with van der Waals surface area (Å²) in [6, 6.07) is 8.93. The number of nitrogens with zero attached hydrogens (tertiary/aromatic N) is 1. The van der Waals surface area contributed by atoms with Crippen molar-refractivity contribution in [3.05, 3.63) is 30.3 Å². The molecule has 0 saturated carbocycles. The number of carbonyl (C=O) groups is 1. The van der Waals surface area contributed by atoms with E-state index in [9.17, 15) is 4.79 Å². The minimum absolute atomic E-state index is 0.0231. The van der Waals surface area contributed by atoms with Gasteiger partial charge in [-0.3, -0.25) is 5.41 Å². The molecule has 16 heavy (non-hydrogen) atoms. The zero-order valence-corrected chi connectivity index (χ0v) is 9.23. The van der Waals surface area contributed by atoms with E-state index in [1.807, 2.05) is 25.1 Å². The number of nitrogens with two attached hydrogens (primary N) is 1. The molecule has 0 aromatic heterocycles. The average Bonchev–Trinajstić information content (AvgIpc) is 2.26. The highest BCUT2D eigenvalue weighted by Crippen LogP contribution is 2.06. The summed E-state index contributed by atoms with van der Waals surface area (Å²) in [5.74, 6) is -0.0231. The van der Waals surface area contributed by atoms with Crippen LogP contribution in [0.25, 0.3) is 0 Å². The van der Waals surface area contributed by atoms with Crippen molar-refractivity contribution in [2.24, 2.45) is 5.73 Å². The number of benzene rings is 1. The number of para-hydroxylation sites is 1. The van der Waals surface area contributed by atoms with Crippen molar-refractivity contribution in [3.63, 3.8) is 0 Å². The van der Waals surface area contributed by atoms with Gasteiger partial charge in [-0.05, 0) is 19.1 Å². The van der Waals surface area contributed by atoms with Gasteiger partial charge < -0.3 is 16.0 Å². The molecule has 5 nitrogen and oxygen atoms in total. The zero-order chi connectivity index (χ0) is 12.0. The van der Waals surface area contributed by atoms with E-state index < -0.39 is 0 Å². The first kappa shape index (κ1) is 12.0. The normalized spacial score (nSPS) is 9.56. The van der Waals surface area contributed by atoms with E-state index in [1.165, 1.54) is 4.90 Å². The summed E-state index contributed by atoms with van der Waals surface area (Å²) in [5, 5.41) is 9.89. The van der Waals surface area contributed by atoms with E-state index in [2.05, 4.69) is 5.32 Å². The van der Waals surface area contributed by atoms with Crippen molar-refractivity contribution in [2.75, 3.05) is 18.4 Å². The van der Waals surface area contributed by atoms with Crippen LogP contribution in [-0.2, 0) is 0 Å². The summed E-state index contributed by atoms with van der Waals surface area (Å²) in [5.41, 5.74) is 5.99. The fourth-order valence-corrected chi connectivity index (χ4v) is 1.26. The Morgan fingerprint density at radius 1 is 1.44 bits per heavy atom. The molecule has 1 aromatic rings. The van der Waals surface area contributed by atoms with Gasteiger partial charge in [0, 0.05) is 12.2 Å². The van der Waals surface area contributed by atoms with Crippen LogP contribution in [0.4, 0.5) is 10.5 Å². The Bertz CT molecular complexity index is 364. The first-order valence-corrected chi connectivity index (χ1v) is 5.07. The fourth-order valence-electron chi connectivity index (χ4n) is 1.26. The van der Waals surface area contributed by atoms with Crippen LogP contribution >= 0.6 is 0 Å². The molecule has 0 unspecified atom stereocenters. The molecule has 0 saturated heterocycles. The van der Waals surface area contributed by atoms with Crippen molar-refractivity contribution < 1.29 is 4.79 Å². The maximum Gasteiger partial charge on any atom is 0.322 e. The van der Waals surface area contributed by atoms with Gasteiger partial charge in [0.1, 0.15) is 5.84 Å². The van der Waals surface area contributed by atoms with Crippen LogP contribution < -0.4 is 11.1 Å². The van der Waals surface area contributed by atoms with Crippen molar-refractivity contribution in [3.8, 4) is 0 Å². The van der Waals surface area contributed by atoms with Crippen molar-refractivity contribution in [2.45, 2.75) is 6.92 Å². The standard InChI is InChI=1S/C11H16N4O/c1-2-15(8-10(12)13)11(16)14-9-6-4-3-5-7-9/h3-7H,2,8H2,1H3,(H3,12,13)(H,14,16). The molecule has 0 aliphatic heterocycles. The topological polar surface area (TPSA) is 82.2 Å². The van der Waals surface area contributed by atoms with E-state index in [0.29, 0.717) is 6.54 Å². The molecule has 0 atom stereocenters. The molecule has 0 heterocycles. The largest absolute Gasteiger partial charge is 0.386 e. The molecular formula is C11H16N4O. The van der Waals surface area contributed by atoms with E-state index in [0.717, 1.165) is 5.69 Å². The lowest BCUT2D eigenvalue weighted by Gasteiger charge is -2.20. The predicted octanol–water partition coefficient (Wildman–Crippen LogP) is 1.48. The van der Waals surface area contributed by atoms with Crippen molar-refractivity contribution in [1.29, 1.82) is 5.41 Å². The van der Waals surface area contributed by atoms with Crippen LogP contribution in [0.1, 0.15) is 6.92 Å². The van der Waals surface area contributed by atoms with E-state index in [4.69, 9.17) is 11.1 Å². The number of amides is 2. The predicted molar refractivity (Wildman–Crippen MR) is 64.6 cm³/mol. The minimum atomic E-state index is -0.246. The molecule has 5 heteroatoms.